The molecule has 0 radical (unpaired) electrons. The fourth-order valence-electron chi connectivity index (χ4n) is 3.37. The number of halogens is 1. The molecule has 0 spiro atoms. The monoisotopic (exact) mass is 353 g/mol. The number of rotatable bonds is 3. The molecule has 0 fully saturated rings. The summed E-state index contributed by atoms with van der Waals surface area (Å²) in [7, 11) is 0. The van der Waals surface area contributed by atoms with E-state index in [1.807, 2.05) is 0 Å². The fraction of sp³-hybridized carbons (Fsp3) is 0.263. The van der Waals surface area contributed by atoms with Gasteiger partial charge in [-0.3, -0.25) is 4.79 Å². The first kappa shape index (κ1) is 16.4. The number of Topliss-reactive ketones (excluding diaryl/α,β-unsaturated/α-hetero) is 1. The summed E-state index contributed by atoms with van der Waals surface area (Å²) in [6, 6.07) is 6.18. The number of benzene rings is 1. The maximum absolute atomic E-state index is 13.2. The number of fused-ring (bicyclic) bond motifs is 3. The van der Waals surface area contributed by atoms with Crippen LogP contribution in [0.3, 0.4) is 0 Å². The van der Waals surface area contributed by atoms with Crippen molar-refractivity contribution in [2.75, 3.05) is 6.61 Å². The number of aromatic nitrogens is 3. The molecular weight excluding hydrogens is 337 g/mol. The summed E-state index contributed by atoms with van der Waals surface area (Å²) in [6.07, 6.45) is 3.79. The van der Waals surface area contributed by atoms with Gasteiger partial charge in [0.25, 0.3) is 0 Å². The standard InChI is InChI=1S/C19H16FN3O3/c1-2-26-19(25)15-10-22-23-16-7-12(11-3-5-13(20)6-4-11)8-17(24)14(16)9-21-18(15)23/h3-6,9-10,12H,2,7-8H2,1H3. The summed E-state index contributed by atoms with van der Waals surface area (Å²) in [5.41, 5.74) is 2.75. The lowest BCUT2D eigenvalue weighted by Gasteiger charge is -2.24. The van der Waals surface area contributed by atoms with Crippen LogP contribution in [0.25, 0.3) is 5.65 Å². The van der Waals surface area contributed by atoms with Gasteiger partial charge in [0.1, 0.15) is 11.4 Å². The SMILES string of the molecule is CCOC(=O)c1cnn2c3c(cnc12)C(=O)CC(c1ccc(F)cc1)C3. The van der Waals surface area contributed by atoms with Crippen LogP contribution in [-0.4, -0.2) is 33.0 Å². The Balaban J connectivity index is 1.78. The van der Waals surface area contributed by atoms with Crippen molar-refractivity contribution >= 4 is 17.4 Å². The average molecular weight is 353 g/mol. The van der Waals surface area contributed by atoms with Crippen LogP contribution in [0.4, 0.5) is 4.39 Å². The van der Waals surface area contributed by atoms with Gasteiger partial charge in [0.05, 0.1) is 24.1 Å². The van der Waals surface area contributed by atoms with Crippen LogP contribution >= 0.6 is 0 Å². The van der Waals surface area contributed by atoms with Gasteiger partial charge in [0.15, 0.2) is 11.4 Å². The minimum atomic E-state index is -0.493. The molecule has 1 aliphatic rings. The maximum atomic E-state index is 13.2. The van der Waals surface area contributed by atoms with Gasteiger partial charge in [0.2, 0.25) is 0 Å². The lowest BCUT2D eigenvalue weighted by atomic mass is 9.82. The van der Waals surface area contributed by atoms with Crippen LogP contribution in [0.1, 0.15) is 51.2 Å². The van der Waals surface area contributed by atoms with E-state index < -0.39 is 5.97 Å². The number of ether oxygens (including phenoxy) is 1. The summed E-state index contributed by atoms with van der Waals surface area (Å²) in [5, 5.41) is 4.25. The molecule has 0 N–H and O–H groups in total. The number of ketones is 1. The third-order valence-corrected chi connectivity index (χ3v) is 4.64. The topological polar surface area (TPSA) is 73.6 Å². The molecule has 0 amide bonds. The Hall–Kier alpha value is -3.09. The molecule has 2 heterocycles. The van der Waals surface area contributed by atoms with Crippen molar-refractivity contribution in [3.05, 3.63) is 64.9 Å². The zero-order chi connectivity index (χ0) is 18.3. The van der Waals surface area contributed by atoms with Crippen molar-refractivity contribution < 1.29 is 18.7 Å². The van der Waals surface area contributed by atoms with Gasteiger partial charge >= 0.3 is 5.97 Å². The Labute approximate surface area is 148 Å². The molecule has 1 aliphatic carbocycles. The normalized spacial score (nSPS) is 16.5. The molecule has 1 unspecified atom stereocenters. The molecule has 0 saturated carbocycles. The van der Waals surface area contributed by atoms with Gasteiger partial charge in [-0.1, -0.05) is 12.1 Å². The zero-order valence-corrected chi connectivity index (χ0v) is 14.1. The quantitative estimate of drug-likeness (QED) is 0.677. The number of hydrogen-bond acceptors (Lipinski definition) is 5. The first-order valence-electron chi connectivity index (χ1n) is 8.40. The Morgan fingerprint density at radius 3 is 2.77 bits per heavy atom. The van der Waals surface area contributed by atoms with Crippen LogP contribution in [0, 0.1) is 5.82 Å². The van der Waals surface area contributed by atoms with E-state index >= 15 is 0 Å². The number of carbonyl (C=O) groups excluding carboxylic acids is 2. The first-order chi connectivity index (χ1) is 12.6. The van der Waals surface area contributed by atoms with E-state index in [2.05, 4.69) is 10.1 Å². The van der Waals surface area contributed by atoms with Gasteiger partial charge in [-0.25, -0.2) is 18.7 Å². The lowest BCUT2D eigenvalue weighted by molar-refractivity contribution is 0.0528. The van der Waals surface area contributed by atoms with Crippen LogP contribution in [0.5, 0.6) is 0 Å². The number of hydrogen-bond donors (Lipinski definition) is 0. The highest BCUT2D eigenvalue weighted by molar-refractivity contribution is 6.00. The predicted molar refractivity (Wildman–Crippen MR) is 90.7 cm³/mol. The second kappa shape index (κ2) is 6.33. The van der Waals surface area contributed by atoms with Crippen LogP contribution in [0.2, 0.25) is 0 Å². The smallest absolute Gasteiger partial charge is 0.343 e. The minimum Gasteiger partial charge on any atom is -0.462 e. The van der Waals surface area contributed by atoms with Crippen molar-refractivity contribution in [1.29, 1.82) is 0 Å². The second-order valence-electron chi connectivity index (χ2n) is 6.21. The van der Waals surface area contributed by atoms with E-state index in [9.17, 15) is 14.0 Å². The summed E-state index contributed by atoms with van der Waals surface area (Å²) >= 11 is 0. The summed E-state index contributed by atoms with van der Waals surface area (Å²) < 4.78 is 19.7. The van der Waals surface area contributed by atoms with E-state index in [-0.39, 0.29) is 29.7 Å². The van der Waals surface area contributed by atoms with Gasteiger partial charge in [0, 0.05) is 12.6 Å². The van der Waals surface area contributed by atoms with Gasteiger partial charge in [-0.15, -0.1) is 0 Å². The van der Waals surface area contributed by atoms with Crippen molar-refractivity contribution in [3.63, 3.8) is 0 Å². The van der Waals surface area contributed by atoms with Crippen molar-refractivity contribution in [2.24, 2.45) is 0 Å². The van der Waals surface area contributed by atoms with E-state index in [0.717, 1.165) is 5.56 Å². The molecule has 0 bridgehead atoms. The number of nitrogens with zero attached hydrogens (tertiary/aromatic N) is 3. The Kier molecular flexibility index (Phi) is 3.99. The first-order valence-corrected chi connectivity index (χ1v) is 8.40. The molecule has 1 aromatic carbocycles. The second-order valence-corrected chi connectivity index (χ2v) is 6.21. The van der Waals surface area contributed by atoms with E-state index in [1.165, 1.54) is 29.0 Å². The molecule has 0 saturated heterocycles. The molecule has 6 nitrogen and oxygen atoms in total. The highest BCUT2D eigenvalue weighted by atomic mass is 19.1. The Morgan fingerprint density at radius 1 is 1.27 bits per heavy atom. The Morgan fingerprint density at radius 2 is 2.04 bits per heavy atom. The maximum Gasteiger partial charge on any atom is 0.343 e. The third-order valence-electron chi connectivity index (χ3n) is 4.64. The fourth-order valence-corrected chi connectivity index (χ4v) is 3.37. The van der Waals surface area contributed by atoms with E-state index in [4.69, 9.17) is 4.74 Å². The van der Waals surface area contributed by atoms with Gasteiger partial charge in [-0.2, -0.15) is 5.10 Å². The van der Waals surface area contributed by atoms with Crippen LogP contribution in [-0.2, 0) is 11.2 Å². The van der Waals surface area contributed by atoms with E-state index in [0.29, 0.717) is 29.7 Å². The van der Waals surface area contributed by atoms with E-state index in [1.54, 1.807) is 19.1 Å². The predicted octanol–water partition coefficient (Wildman–Crippen LogP) is 2.96. The molecule has 7 heteroatoms. The number of carbonyl (C=O) groups is 2. The summed E-state index contributed by atoms with van der Waals surface area (Å²) in [6.45, 7) is 1.98. The van der Waals surface area contributed by atoms with Gasteiger partial charge in [-0.05, 0) is 37.0 Å². The molecule has 26 heavy (non-hydrogen) atoms. The summed E-state index contributed by atoms with van der Waals surface area (Å²) in [5.74, 6) is -0.916. The molecule has 132 valence electrons. The molecule has 4 rings (SSSR count). The van der Waals surface area contributed by atoms with Crippen molar-refractivity contribution in [3.8, 4) is 0 Å². The minimum absolute atomic E-state index is 0.0387. The highest BCUT2D eigenvalue weighted by Gasteiger charge is 2.30. The Bertz CT molecular complexity index is 1010. The molecule has 2 aromatic heterocycles. The largest absolute Gasteiger partial charge is 0.462 e. The lowest BCUT2D eigenvalue weighted by Crippen LogP contribution is -2.22. The average Bonchev–Trinajstić information content (AvgIpc) is 3.07. The highest BCUT2D eigenvalue weighted by Crippen LogP contribution is 2.33. The molecule has 3 aromatic rings. The molecule has 0 aliphatic heterocycles. The van der Waals surface area contributed by atoms with Crippen LogP contribution in [0.15, 0.2) is 36.7 Å². The molecular formula is C19H16FN3O3. The third kappa shape index (κ3) is 2.65. The van der Waals surface area contributed by atoms with Gasteiger partial charge < -0.3 is 4.74 Å². The van der Waals surface area contributed by atoms with Crippen LogP contribution < -0.4 is 0 Å². The molecule has 1 atom stereocenters. The zero-order valence-electron chi connectivity index (χ0n) is 14.1. The number of esters is 1. The summed E-state index contributed by atoms with van der Waals surface area (Å²) in [4.78, 5) is 28.9. The van der Waals surface area contributed by atoms with Crippen molar-refractivity contribution in [2.45, 2.75) is 25.7 Å². The van der Waals surface area contributed by atoms with Crippen molar-refractivity contribution in [1.82, 2.24) is 14.6 Å².